The van der Waals surface area contributed by atoms with Gasteiger partial charge in [0.1, 0.15) is 11.2 Å². The maximum absolute atomic E-state index is 6.61. The van der Waals surface area contributed by atoms with Gasteiger partial charge in [0.05, 0.1) is 17.1 Å². The molecule has 11 aromatic rings. The first-order valence-corrected chi connectivity index (χ1v) is 19.2. The number of hydrogen-bond donors (Lipinski definition) is 0. The van der Waals surface area contributed by atoms with E-state index in [0.29, 0.717) is 0 Å². The summed E-state index contributed by atoms with van der Waals surface area (Å²) in [6, 6.07) is 76.6. The summed E-state index contributed by atoms with van der Waals surface area (Å²) in [5.41, 5.74) is 12.0. The fourth-order valence-corrected chi connectivity index (χ4v) is 8.63. The first-order valence-electron chi connectivity index (χ1n) is 19.2. The Bertz CT molecular complexity index is 3250. The Morgan fingerprint density at radius 3 is 1.75 bits per heavy atom. The van der Waals surface area contributed by atoms with Crippen molar-refractivity contribution in [3.8, 4) is 33.4 Å². The van der Waals surface area contributed by atoms with E-state index < -0.39 is 0 Å². The quantitative estimate of drug-likeness (QED) is 0.160. The predicted molar refractivity (Wildman–Crippen MR) is 237 cm³/mol. The second-order valence-electron chi connectivity index (χ2n) is 14.5. The molecule has 2 nitrogen and oxygen atoms in total. The Hall–Kier alpha value is -7.42. The van der Waals surface area contributed by atoms with Gasteiger partial charge in [0.25, 0.3) is 0 Å². The van der Waals surface area contributed by atoms with E-state index >= 15 is 0 Å². The summed E-state index contributed by atoms with van der Waals surface area (Å²) >= 11 is 0. The molecule has 262 valence electrons. The van der Waals surface area contributed by atoms with Crippen molar-refractivity contribution in [1.29, 1.82) is 0 Å². The number of benzene rings is 10. The lowest BCUT2D eigenvalue weighted by atomic mass is 9.93. The maximum atomic E-state index is 6.61. The van der Waals surface area contributed by atoms with Gasteiger partial charge in [0, 0.05) is 27.3 Å². The summed E-state index contributed by atoms with van der Waals surface area (Å²) in [5.74, 6) is 0. The molecule has 0 bridgehead atoms. The van der Waals surface area contributed by atoms with Gasteiger partial charge in [-0.25, -0.2) is 0 Å². The van der Waals surface area contributed by atoms with Crippen molar-refractivity contribution in [3.63, 3.8) is 0 Å². The highest BCUT2D eigenvalue weighted by molar-refractivity contribution is 6.18. The van der Waals surface area contributed by atoms with E-state index in [9.17, 15) is 0 Å². The number of fused-ring (bicyclic) bond motifs is 7. The topological polar surface area (TPSA) is 16.4 Å². The highest BCUT2D eigenvalue weighted by Crippen LogP contribution is 2.49. The zero-order chi connectivity index (χ0) is 37.0. The van der Waals surface area contributed by atoms with Crippen LogP contribution < -0.4 is 4.90 Å². The van der Waals surface area contributed by atoms with Crippen LogP contribution >= 0.6 is 0 Å². The Kier molecular flexibility index (Phi) is 7.53. The van der Waals surface area contributed by atoms with Crippen LogP contribution in [0.25, 0.3) is 87.6 Å². The predicted octanol–water partition coefficient (Wildman–Crippen LogP) is 15.5. The minimum atomic E-state index is 0.878. The molecule has 0 saturated carbocycles. The second-order valence-corrected chi connectivity index (χ2v) is 14.5. The van der Waals surface area contributed by atoms with Crippen LogP contribution in [0.4, 0.5) is 17.1 Å². The van der Waals surface area contributed by atoms with Crippen LogP contribution in [0.3, 0.4) is 0 Å². The molecule has 0 atom stereocenters. The third kappa shape index (κ3) is 5.26. The fourth-order valence-electron chi connectivity index (χ4n) is 8.63. The largest absolute Gasteiger partial charge is 0.456 e. The molecular weight excluding hydrogens is 679 g/mol. The minimum absolute atomic E-state index is 0.878. The Morgan fingerprint density at radius 1 is 0.286 bits per heavy atom. The summed E-state index contributed by atoms with van der Waals surface area (Å²) in [4.78, 5) is 2.49. The van der Waals surface area contributed by atoms with E-state index in [1.54, 1.807) is 0 Å². The molecule has 0 unspecified atom stereocenters. The zero-order valence-corrected chi connectivity index (χ0v) is 30.6. The summed E-state index contributed by atoms with van der Waals surface area (Å²) in [6.45, 7) is 0. The van der Waals surface area contributed by atoms with Crippen LogP contribution in [0.1, 0.15) is 0 Å². The van der Waals surface area contributed by atoms with Crippen LogP contribution in [-0.4, -0.2) is 0 Å². The van der Waals surface area contributed by atoms with E-state index in [1.807, 2.05) is 0 Å². The standard InChI is InChI=1S/C54H35NO/c1-3-15-36(16-4-1)41-30-32-51(47(33-41)37-17-5-2-6-18-37)55(50-27-13-24-43-42-22-10-9-19-38(42)29-31-45(43)50)49-26-12-11-23-44(49)46-25-14-28-52-54(46)48-34-39-20-7-8-21-40(39)35-53(48)56-52/h1-35H. The number of rotatable bonds is 6. The van der Waals surface area contributed by atoms with E-state index in [0.717, 1.165) is 61.3 Å². The molecule has 0 aliphatic rings. The van der Waals surface area contributed by atoms with E-state index in [1.165, 1.54) is 43.4 Å². The third-order valence-corrected chi connectivity index (χ3v) is 11.2. The van der Waals surface area contributed by atoms with Crippen LogP contribution in [0.2, 0.25) is 0 Å². The molecule has 0 aliphatic heterocycles. The lowest BCUT2D eigenvalue weighted by Gasteiger charge is -2.31. The first-order chi connectivity index (χ1) is 27.8. The molecule has 0 radical (unpaired) electrons. The van der Waals surface area contributed by atoms with Crippen molar-refractivity contribution in [2.24, 2.45) is 0 Å². The molecule has 0 aliphatic carbocycles. The Morgan fingerprint density at radius 2 is 0.911 bits per heavy atom. The summed E-state index contributed by atoms with van der Waals surface area (Å²) in [5, 5.41) is 9.48. The third-order valence-electron chi connectivity index (χ3n) is 11.2. The van der Waals surface area contributed by atoms with Gasteiger partial charge < -0.3 is 9.32 Å². The van der Waals surface area contributed by atoms with E-state index in [4.69, 9.17) is 4.42 Å². The minimum Gasteiger partial charge on any atom is -0.456 e. The number of anilines is 3. The van der Waals surface area contributed by atoms with Gasteiger partial charge in [-0.15, -0.1) is 0 Å². The molecule has 0 N–H and O–H groups in total. The lowest BCUT2D eigenvalue weighted by Crippen LogP contribution is -2.13. The summed E-state index contributed by atoms with van der Waals surface area (Å²) < 4.78 is 6.61. The van der Waals surface area contributed by atoms with Gasteiger partial charge in [-0.3, -0.25) is 0 Å². The SMILES string of the molecule is c1ccc(-c2ccc(N(c3ccccc3-c3cccc4oc5cc6ccccc6cc5c34)c3cccc4c3ccc3ccccc34)c(-c3ccccc3)c2)cc1. The van der Waals surface area contributed by atoms with Gasteiger partial charge in [-0.2, -0.15) is 0 Å². The van der Waals surface area contributed by atoms with E-state index in [-0.39, 0.29) is 0 Å². The van der Waals surface area contributed by atoms with Crippen LogP contribution in [0.15, 0.2) is 217 Å². The van der Waals surface area contributed by atoms with Crippen molar-refractivity contribution < 1.29 is 4.42 Å². The van der Waals surface area contributed by atoms with Gasteiger partial charge in [-0.05, 0) is 91.6 Å². The second kappa shape index (κ2) is 13.2. The number of para-hydroxylation sites is 1. The average Bonchev–Trinajstić information content (AvgIpc) is 3.64. The number of furan rings is 1. The van der Waals surface area contributed by atoms with Crippen LogP contribution in [0, 0.1) is 0 Å². The lowest BCUT2D eigenvalue weighted by molar-refractivity contribution is 0.669. The van der Waals surface area contributed by atoms with Gasteiger partial charge >= 0.3 is 0 Å². The van der Waals surface area contributed by atoms with E-state index in [2.05, 4.69) is 217 Å². The van der Waals surface area contributed by atoms with Crippen LogP contribution in [-0.2, 0) is 0 Å². The highest BCUT2D eigenvalue weighted by atomic mass is 16.3. The smallest absolute Gasteiger partial charge is 0.136 e. The summed E-state index contributed by atoms with van der Waals surface area (Å²) in [7, 11) is 0. The van der Waals surface area contributed by atoms with Crippen molar-refractivity contribution in [1.82, 2.24) is 0 Å². The van der Waals surface area contributed by atoms with Crippen molar-refractivity contribution in [3.05, 3.63) is 212 Å². The van der Waals surface area contributed by atoms with Gasteiger partial charge in [-0.1, -0.05) is 170 Å². The number of nitrogens with zero attached hydrogens (tertiary/aromatic N) is 1. The maximum Gasteiger partial charge on any atom is 0.136 e. The van der Waals surface area contributed by atoms with Crippen molar-refractivity contribution >= 4 is 71.3 Å². The molecule has 0 fully saturated rings. The highest BCUT2D eigenvalue weighted by Gasteiger charge is 2.24. The van der Waals surface area contributed by atoms with Crippen molar-refractivity contribution in [2.75, 3.05) is 4.90 Å². The van der Waals surface area contributed by atoms with Gasteiger partial charge in [0.15, 0.2) is 0 Å². The molecular formula is C54H35NO. The Labute approximate surface area is 325 Å². The van der Waals surface area contributed by atoms with Gasteiger partial charge in [0.2, 0.25) is 0 Å². The molecule has 2 heteroatoms. The monoisotopic (exact) mass is 713 g/mol. The Balaban J connectivity index is 1.23. The fraction of sp³-hybridized carbons (Fsp3) is 0. The van der Waals surface area contributed by atoms with Crippen LogP contribution in [0.5, 0.6) is 0 Å². The molecule has 11 rings (SSSR count). The average molecular weight is 714 g/mol. The van der Waals surface area contributed by atoms with Crippen molar-refractivity contribution in [2.45, 2.75) is 0 Å². The molecule has 56 heavy (non-hydrogen) atoms. The molecule has 0 saturated heterocycles. The molecule has 0 amide bonds. The normalized spacial score (nSPS) is 11.6. The number of hydrogen-bond acceptors (Lipinski definition) is 2. The molecule has 0 spiro atoms. The summed E-state index contributed by atoms with van der Waals surface area (Å²) in [6.07, 6.45) is 0. The molecule has 1 aromatic heterocycles. The molecule has 1 heterocycles. The molecule has 10 aromatic carbocycles. The zero-order valence-electron chi connectivity index (χ0n) is 30.6. The first kappa shape index (κ1) is 32.0.